The van der Waals surface area contributed by atoms with Crippen molar-refractivity contribution in [2.45, 2.75) is 0 Å². The monoisotopic (exact) mass is 137 g/mol. The Morgan fingerprint density at radius 2 is 2.50 bits per heavy atom. The van der Waals surface area contributed by atoms with Crippen LogP contribution < -0.4 is 0 Å². The molecule has 0 atom stereocenters. The molecule has 0 aromatic rings. The highest BCUT2D eigenvalue weighted by molar-refractivity contribution is 7.99. The molecule has 0 amide bonds. The van der Waals surface area contributed by atoms with Crippen molar-refractivity contribution in [1.29, 1.82) is 0 Å². The standard InChI is InChI=1S/C4H6FO2S/c5-1-2-8-4-7-3-6/h1-2,4H2. The minimum Gasteiger partial charge on any atom is -0.446 e. The lowest BCUT2D eigenvalue weighted by atomic mass is 10.9. The van der Waals surface area contributed by atoms with Gasteiger partial charge in [0.25, 0.3) is 0 Å². The minimum atomic E-state index is -0.382. The molecule has 0 saturated heterocycles. The average molecular weight is 137 g/mol. The summed E-state index contributed by atoms with van der Waals surface area (Å²) >= 11 is 1.22. The van der Waals surface area contributed by atoms with Gasteiger partial charge in [-0.1, -0.05) is 0 Å². The first-order chi connectivity index (χ1) is 3.91. The summed E-state index contributed by atoms with van der Waals surface area (Å²) in [6.45, 7) is 0.851. The summed E-state index contributed by atoms with van der Waals surface area (Å²) in [5.41, 5.74) is 0. The SMILES string of the molecule is O=[C]OCSCCF. The quantitative estimate of drug-likeness (QED) is 0.412. The number of ether oxygens (including phenoxy) is 1. The van der Waals surface area contributed by atoms with Crippen molar-refractivity contribution >= 4 is 18.2 Å². The lowest BCUT2D eigenvalue weighted by molar-refractivity contribution is 0.336. The molecule has 0 bridgehead atoms. The third kappa shape index (κ3) is 5.75. The van der Waals surface area contributed by atoms with Gasteiger partial charge in [0.05, 0.1) is 6.67 Å². The first-order valence-corrected chi connectivity index (χ1v) is 3.20. The molecule has 2 nitrogen and oxygen atoms in total. The van der Waals surface area contributed by atoms with E-state index in [1.54, 1.807) is 0 Å². The van der Waals surface area contributed by atoms with Crippen molar-refractivity contribution in [3.8, 4) is 0 Å². The summed E-state index contributed by atoms with van der Waals surface area (Å²) in [6.07, 6.45) is 0. The molecule has 0 aliphatic carbocycles. The third-order valence-corrected chi connectivity index (χ3v) is 1.15. The van der Waals surface area contributed by atoms with Crippen LogP contribution in [0.1, 0.15) is 0 Å². The van der Waals surface area contributed by atoms with Gasteiger partial charge in [0, 0.05) is 5.75 Å². The van der Waals surface area contributed by atoms with Gasteiger partial charge in [-0.3, -0.25) is 4.39 Å². The van der Waals surface area contributed by atoms with E-state index < -0.39 is 0 Å². The van der Waals surface area contributed by atoms with Crippen LogP contribution in [0.4, 0.5) is 4.39 Å². The second-order valence-corrected chi connectivity index (χ2v) is 1.99. The predicted octanol–water partition coefficient (Wildman–Crippen LogP) is 0.730. The van der Waals surface area contributed by atoms with Gasteiger partial charge in [0.1, 0.15) is 5.94 Å². The van der Waals surface area contributed by atoms with E-state index in [2.05, 4.69) is 4.74 Å². The van der Waals surface area contributed by atoms with Crippen molar-refractivity contribution in [3.63, 3.8) is 0 Å². The zero-order chi connectivity index (χ0) is 6.24. The van der Waals surface area contributed by atoms with Crippen LogP contribution in [0.25, 0.3) is 0 Å². The van der Waals surface area contributed by atoms with Crippen molar-refractivity contribution in [3.05, 3.63) is 0 Å². The van der Waals surface area contributed by atoms with Crippen LogP contribution in [0, 0.1) is 0 Å². The van der Waals surface area contributed by atoms with E-state index in [-0.39, 0.29) is 12.6 Å². The maximum absolute atomic E-state index is 11.2. The van der Waals surface area contributed by atoms with E-state index in [9.17, 15) is 9.18 Å². The van der Waals surface area contributed by atoms with Gasteiger partial charge in [0.2, 0.25) is 0 Å². The number of hydrogen-bond donors (Lipinski definition) is 0. The van der Waals surface area contributed by atoms with Crippen LogP contribution in [-0.4, -0.2) is 24.8 Å². The smallest absolute Gasteiger partial charge is 0.418 e. The Morgan fingerprint density at radius 1 is 1.75 bits per heavy atom. The Labute approximate surface area is 51.4 Å². The molecule has 8 heavy (non-hydrogen) atoms. The Kier molecular flexibility index (Phi) is 6.54. The number of halogens is 1. The summed E-state index contributed by atoms with van der Waals surface area (Å²) in [4.78, 5) is 9.31. The molecule has 0 saturated carbocycles. The largest absolute Gasteiger partial charge is 0.446 e. The van der Waals surface area contributed by atoms with Gasteiger partial charge >= 0.3 is 6.47 Å². The maximum atomic E-state index is 11.2. The van der Waals surface area contributed by atoms with E-state index >= 15 is 0 Å². The highest BCUT2D eigenvalue weighted by Crippen LogP contribution is 1.97. The summed E-state index contributed by atoms with van der Waals surface area (Å²) in [6, 6.07) is 0. The number of hydrogen-bond acceptors (Lipinski definition) is 3. The molecule has 0 aliphatic heterocycles. The molecular weight excluding hydrogens is 131 g/mol. The fourth-order valence-electron chi connectivity index (χ4n) is 0.179. The fraction of sp³-hybridized carbons (Fsp3) is 0.750. The molecule has 0 N–H and O–H groups in total. The van der Waals surface area contributed by atoms with Crippen LogP contribution in [0.5, 0.6) is 0 Å². The highest BCUT2D eigenvalue weighted by Gasteiger charge is 1.85. The van der Waals surface area contributed by atoms with Crippen LogP contribution in [0.3, 0.4) is 0 Å². The van der Waals surface area contributed by atoms with Gasteiger partial charge in [-0.15, -0.1) is 11.8 Å². The normalized spacial score (nSPS) is 8.62. The Balaban J connectivity index is 2.62. The van der Waals surface area contributed by atoms with Crippen LogP contribution in [-0.2, 0) is 9.53 Å². The number of carbonyl (C=O) groups excluding carboxylic acids is 1. The third-order valence-electron chi connectivity index (χ3n) is 0.423. The molecule has 0 aromatic heterocycles. The Bertz CT molecular complexity index is 60.0. The zero-order valence-corrected chi connectivity index (χ0v) is 5.04. The average Bonchev–Trinajstić information content (AvgIpc) is 1.81. The topological polar surface area (TPSA) is 26.3 Å². The van der Waals surface area contributed by atoms with E-state index in [1.807, 2.05) is 0 Å². The second-order valence-electron chi connectivity index (χ2n) is 0.943. The maximum Gasteiger partial charge on any atom is 0.418 e. The van der Waals surface area contributed by atoms with Gasteiger partial charge < -0.3 is 4.74 Å². The molecule has 0 heterocycles. The molecule has 0 unspecified atom stereocenters. The van der Waals surface area contributed by atoms with E-state index in [4.69, 9.17) is 0 Å². The second kappa shape index (κ2) is 6.75. The summed E-state index contributed by atoms with van der Waals surface area (Å²) in [5.74, 6) is 0.578. The molecule has 1 radical (unpaired) electrons. The fourth-order valence-corrected chi connectivity index (χ4v) is 0.538. The lowest BCUT2D eigenvalue weighted by Gasteiger charge is -1.91. The molecule has 0 spiro atoms. The Morgan fingerprint density at radius 3 is 3.00 bits per heavy atom. The Hall–Kier alpha value is -0.250. The van der Waals surface area contributed by atoms with Gasteiger partial charge in [-0.25, -0.2) is 4.79 Å². The first kappa shape index (κ1) is 7.75. The van der Waals surface area contributed by atoms with Crippen molar-refractivity contribution in [1.82, 2.24) is 0 Å². The molecular formula is C4H6FO2S. The molecule has 0 fully saturated rings. The lowest BCUT2D eigenvalue weighted by Crippen LogP contribution is -1.88. The van der Waals surface area contributed by atoms with Gasteiger partial charge in [0.15, 0.2) is 0 Å². The summed E-state index contributed by atoms with van der Waals surface area (Å²) < 4.78 is 15.4. The molecule has 0 rings (SSSR count). The predicted molar refractivity (Wildman–Crippen MR) is 30.1 cm³/mol. The zero-order valence-electron chi connectivity index (χ0n) is 4.22. The number of thioether (sulfide) groups is 1. The number of rotatable bonds is 5. The molecule has 0 aliphatic rings. The van der Waals surface area contributed by atoms with Crippen LogP contribution >= 0.6 is 11.8 Å². The van der Waals surface area contributed by atoms with Crippen molar-refractivity contribution < 1.29 is 13.9 Å². The summed E-state index contributed by atoms with van der Waals surface area (Å²) in [5, 5.41) is 0. The van der Waals surface area contributed by atoms with E-state index in [0.29, 0.717) is 5.75 Å². The highest BCUT2D eigenvalue weighted by atomic mass is 32.2. The summed E-state index contributed by atoms with van der Waals surface area (Å²) in [7, 11) is 0. The molecule has 4 heteroatoms. The molecule has 0 aromatic carbocycles. The van der Waals surface area contributed by atoms with E-state index in [1.165, 1.54) is 18.2 Å². The first-order valence-electron chi connectivity index (χ1n) is 2.04. The number of alkyl halides is 1. The van der Waals surface area contributed by atoms with E-state index in [0.717, 1.165) is 0 Å². The molecule has 47 valence electrons. The van der Waals surface area contributed by atoms with Gasteiger partial charge in [-0.05, 0) is 0 Å². The van der Waals surface area contributed by atoms with Crippen LogP contribution in [0.2, 0.25) is 0 Å². The van der Waals surface area contributed by atoms with Crippen LogP contribution in [0.15, 0.2) is 0 Å². The minimum absolute atomic E-state index is 0.202. The van der Waals surface area contributed by atoms with Gasteiger partial charge in [-0.2, -0.15) is 0 Å². The van der Waals surface area contributed by atoms with Crippen molar-refractivity contribution in [2.24, 2.45) is 0 Å². The van der Waals surface area contributed by atoms with Crippen molar-refractivity contribution in [2.75, 3.05) is 18.4 Å².